The molecule has 0 bridgehead atoms. The van der Waals surface area contributed by atoms with Crippen LogP contribution in [0, 0.1) is 0 Å². The van der Waals surface area contributed by atoms with Crippen LogP contribution in [0.5, 0.6) is 0 Å². The van der Waals surface area contributed by atoms with Crippen LogP contribution in [-0.4, -0.2) is 9.55 Å². The summed E-state index contributed by atoms with van der Waals surface area (Å²) in [6.45, 7) is 0. The lowest BCUT2D eigenvalue weighted by Crippen LogP contribution is -1.92. The van der Waals surface area contributed by atoms with Crippen molar-refractivity contribution in [3.05, 3.63) is 96.3 Å². The minimum absolute atomic E-state index is 0.746. The van der Waals surface area contributed by atoms with Crippen LogP contribution < -0.4 is 0 Å². The lowest BCUT2D eigenvalue weighted by atomic mass is 10.0. The molecule has 5 aromatic rings. The molecule has 0 unspecified atom stereocenters. The van der Waals surface area contributed by atoms with E-state index in [0.29, 0.717) is 0 Å². The van der Waals surface area contributed by atoms with E-state index >= 15 is 0 Å². The predicted octanol–water partition coefficient (Wildman–Crippen LogP) is 6.50. The monoisotopic (exact) mass is 354 g/mol. The van der Waals surface area contributed by atoms with Gasteiger partial charge in [0.05, 0.1) is 11.0 Å². The Kier molecular flexibility index (Phi) is 3.51. The van der Waals surface area contributed by atoms with E-state index in [0.717, 1.165) is 32.7 Å². The molecule has 3 heteroatoms. The minimum Gasteiger partial charge on any atom is -0.309 e. The van der Waals surface area contributed by atoms with Crippen molar-refractivity contribution in [2.75, 3.05) is 0 Å². The highest BCUT2D eigenvalue weighted by atomic mass is 35.5. The van der Waals surface area contributed by atoms with Crippen molar-refractivity contribution < 1.29 is 0 Å². The third kappa shape index (κ3) is 2.39. The quantitative estimate of drug-likeness (QED) is 0.354. The van der Waals surface area contributed by atoms with E-state index in [2.05, 4.69) is 64.1 Å². The van der Waals surface area contributed by atoms with Crippen LogP contribution >= 0.6 is 11.6 Å². The molecule has 3 aromatic carbocycles. The third-order valence-corrected chi connectivity index (χ3v) is 4.97. The highest BCUT2D eigenvalue weighted by Gasteiger charge is 2.13. The summed E-state index contributed by atoms with van der Waals surface area (Å²) in [4.78, 5) is 4.35. The molecule has 2 nitrogen and oxygen atoms in total. The van der Waals surface area contributed by atoms with E-state index in [1.54, 1.807) is 0 Å². The Morgan fingerprint density at radius 1 is 0.692 bits per heavy atom. The van der Waals surface area contributed by atoms with Crippen LogP contribution in [0.1, 0.15) is 0 Å². The van der Waals surface area contributed by atoms with Gasteiger partial charge in [0.15, 0.2) is 0 Å². The van der Waals surface area contributed by atoms with Crippen molar-refractivity contribution in [1.82, 2.24) is 9.55 Å². The van der Waals surface area contributed by atoms with Crippen LogP contribution in [0.3, 0.4) is 0 Å². The molecule has 0 N–H and O–H groups in total. The molecule has 2 aromatic heterocycles. The summed E-state index contributed by atoms with van der Waals surface area (Å²) in [5.41, 5.74) is 5.74. The van der Waals surface area contributed by atoms with Gasteiger partial charge in [-0.25, -0.2) is 0 Å². The summed E-state index contributed by atoms with van der Waals surface area (Å²) in [6.07, 6.45) is 3.79. The Labute approximate surface area is 156 Å². The van der Waals surface area contributed by atoms with Crippen LogP contribution in [-0.2, 0) is 0 Å². The van der Waals surface area contributed by atoms with E-state index in [-0.39, 0.29) is 0 Å². The topological polar surface area (TPSA) is 17.8 Å². The maximum atomic E-state index is 6.18. The second-order valence-corrected chi connectivity index (χ2v) is 6.74. The molecule has 0 fully saturated rings. The summed E-state index contributed by atoms with van der Waals surface area (Å²) in [7, 11) is 0. The molecule has 0 atom stereocenters. The maximum Gasteiger partial charge on any atom is 0.0571 e. The molecule has 0 saturated carbocycles. The van der Waals surface area contributed by atoms with Gasteiger partial charge in [0, 0.05) is 33.9 Å². The zero-order chi connectivity index (χ0) is 17.5. The first kappa shape index (κ1) is 15.2. The largest absolute Gasteiger partial charge is 0.309 e. The van der Waals surface area contributed by atoms with E-state index in [9.17, 15) is 0 Å². The zero-order valence-corrected chi connectivity index (χ0v) is 14.7. The van der Waals surface area contributed by atoms with Crippen molar-refractivity contribution in [3.63, 3.8) is 0 Å². The van der Waals surface area contributed by atoms with Gasteiger partial charge in [0.1, 0.15) is 0 Å². The van der Waals surface area contributed by atoms with Gasteiger partial charge in [-0.05, 0) is 53.6 Å². The van der Waals surface area contributed by atoms with Gasteiger partial charge in [-0.15, -0.1) is 0 Å². The Balaban J connectivity index is 1.84. The second-order valence-electron chi connectivity index (χ2n) is 6.31. The van der Waals surface area contributed by atoms with Gasteiger partial charge < -0.3 is 4.57 Å². The zero-order valence-electron chi connectivity index (χ0n) is 13.9. The summed E-state index contributed by atoms with van der Waals surface area (Å²) in [5.74, 6) is 0. The lowest BCUT2D eigenvalue weighted by molar-refractivity contribution is 1.17. The number of benzene rings is 3. The molecule has 26 heavy (non-hydrogen) atoms. The number of rotatable bonds is 2. The number of hydrogen-bond acceptors (Lipinski definition) is 1. The normalized spacial score (nSPS) is 11.3. The summed E-state index contributed by atoms with van der Waals surface area (Å²) < 4.78 is 2.29. The van der Waals surface area contributed by atoms with Gasteiger partial charge in [-0.1, -0.05) is 48.0 Å². The lowest BCUT2D eigenvalue weighted by Gasteiger charge is -2.08. The molecule has 0 saturated heterocycles. The van der Waals surface area contributed by atoms with E-state index < -0.39 is 0 Å². The van der Waals surface area contributed by atoms with Crippen molar-refractivity contribution in [3.8, 4) is 16.8 Å². The molecule has 0 aliphatic heterocycles. The molecule has 0 spiro atoms. The van der Waals surface area contributed by atoms with Gasteiger partial charge in [-0.2, -0.15) is 0 Å². The van der Waals surface area contributed by atoms with E-state index in [1.165, 1.54) is 10.9 Å². The summed E-state index contributed by atoms with van der Waals surface area (Å²) in [6, 6.07) is 27.0. The second kappa shape index (κ2) is 6.01. The molecule has 0 aliphatic carbocycles. The SMILES string of the molecule is Clc1cccc(-c2ccc3c(c2)c2cnccc2n3-c2ccccc2)c1. The Morgan fingerprint density at radius 2 is 1.50 bits per heavy atom. The first-order chi connectivity index (χ1) is 12.8. The van der Waals surface area contributed by atoms with E-state index in [4.69, 9.17) is 11.6 Å². The average Bonchev–Trinajstić information content (AvgIpc) is 3.02. The molecule has 2 heterocycles. The first-order valence-electron chi connectivity index (χ1n) is 8.51. The number of fused-ring (bicyclic) bond motifs is 3. The summed E-state index contributed by atoms with van der Waals surface area (Å²) in [5, 5.41) is 3.08. The van der Waals surface area contributed by atoms with Crippen molar-refractivity contribution >= 4 is 33.4 Å². The molecule has 124 valence electrons. The van der Waals surface area contributed by atoms with E-state index in [1.807, 2.05) is 36.7 Å². The molecule has 0 amide bonds. The summed E-state index contributed by atoms with van der Waals surface area (Å²) >= 11 is 6.18. The van der Waals surface area contributed by atoms with Crippen LogP contribution in [0.25, 0.3) is 38.6 Å². The molecular formula is C23H15ClN2. The van der Waals surface area contributed by atoms with Gasteiger partial charge in [0.25, 0.3) is 0 Å². The van der Waals surface area contributed by atoms with Gasteiger partial charge in [-0.3, -0.25) is 4.98 Å². The fourth-order valence-corrected chi connectivity index (χ4v) is 3.76. The van der Waals surface area contributed by atoms with Crippen molar-refractivity contribution in [2.24, 2.45) is 0 Å². The minimum atomic E-state index is 0.746. The predicted molar refractivity (Wildman–Crippen MR) is 109 cm³/mol. The Morgan fingerprint density at radius 3 is 2.35 bits per heavy atom. The van der Waals surface area contributed by atoms with Crippen molar-refractivity contribution in [2.45, 2.75) is 0 Å². The van der Waals surface area contributed by atoms with Crippen LogP contribution in [0.15, 0.2) is 91.3 Å². The fraction of sp³-hybridized carbons (Fsp3) is 0. The molecule has 0 radical (unpaired) electrons. The number of pyridine rings is 1. The fourth-order valence-electron chi connectivity index (χ4n) is 3.57. The number of para-hydroxylation sites is 1. The average molecular weight is 355 g/mol. The molecular weight excluding hydrogens is 340 g/mol. The van der Waals surface area contributed by atoms with Gasteiger partial charge >= 0.3 is 0 Å². The number of aromatic nitrogens is 2. The van der Waals surface area contributed by atoms with Gasteiger partial charge in [0.2, 0.25) is 0 Å². The smallest absolute Gasteiger partial charge is 0.0571 e. The first-order valence-corrected chi connectivity index (χ1v) is 8.88. The van der Waals surface area contributed by atoms with Crippen molar-refractivity contribution in [1.29, 1.82) is 0 Å². The third-order valence-electron chi connectivity index (χ3n) is 4.74. The van der Waals surface area contributed by atoms with Crippen LogP contribution in [0.2, 0.25) is 5.02 Å². The standard InChI is InChI=1S/C23H15ClN2/c24-18-6-4-5-16(13-18)17-9-10-22-20(14-17)21-15-25-12-11-23(21)26(22)19-7-2-1-3-8-19/h1-15H. The Bertz CT molecular complexity index is 1240. The molecule has 0 aliphatic rings. The Hall–Kier alpha value is -3.10. The maximum absolute atomic E-state index is 6.18. The highest BCUT2D eigenvalue weighted by molar-refractivity contribution is 6.30. The highest BCUT2D eigenvalue weighted by Crippen LogP contribution is 2.34. The molecule has 5 rings (SSSR count). The van der Waals surface area contributed by atoms with Crippen LogP contribution in [0.4, 0.5) is 0 Å². The number of hydrogen-bond donors (Lipinski definition) is 0. The number of halogens is 1. The number of nitrogens with zero attached hydrogens (tertiary/aromatic N) is 2.